The molecule has 1 saturated heterocycles. The molecule has 331 valence electrons. The van der Waals surface area contributed by atoms with Gasteiger partial charge in [0.25, 0.3) is 5.91 Å². The molecule has 1 heterocycles. The van der Waals surface area contributed by atoms with Crippen molar-refractivity contribution in [3.8, 4) is 0 Å². The summed E-state index contributed by atoms with van der Waals surface area (Å²) >= 11 is 0. The Balaban J connectivity index is 0.00000254. The Morgan fingerprint density at radius 2 is 1.79 bits per heavy atom. The molecule has 2 unspecified atom stereocenters. The van der Waals surface area contributed by atoms with E-state index in [4.69, 9.17) is 25.4 Å². The first kappa shape index (κ1) is 59.2. The van der Waals surface area contributed by atoms with Gasteiger partial charge in [0, 0.05) is 121 Å². The van der Waals surface area contributed by atoms with Gasteiger partial charge in [-0.3, -0.25) is 20.6 Å². The molecule has 4 rings (SSSR count). The molecule has 0 spiro atoms. The average Bonchev–Trinajstić information content (AvgIpc) is 3.73. The van der Waals surface area contributed by atoms with E-state index in [-0.39, 0.29) is 96.0 Å². The minimum Gasteiger partial charge on any atom is -0.660 e. The quantitative estimate of drug-likeness (QED) is 0.0192. The fourth-order valence-electron chi connectivity index (χ4n) is 5.94. The molecular formula is C44H63KN10O6Y-2. The van der Waals surface area contributed by atoms with Gasteiger partial charge in [0.15, 0.2) is 0 Å². The van der Waals surface area contributed by atoms with Crippen LogP contribution in [-0.4, -0.2) is 135 Å². The smallest absolute Gasteiger partial charge is 0.660 e. The van der Waals surface area contributed by atoms with Crippen LogP contribution >= 0.6 is 0 Å². The Labute approximate surface area is 435 Å². The predicted molar refractivity (Wildman–Crippen MR) is 242 cm³/mol. The molecule has 0 aliphatic carbocycles. The number of anilines is 4. The topological polar surface area (TPSA) is 226 Å². The molecule has 0 aromatic heterocycles. The van der Waals surface area contributed by atoms with E-state index >= 15 is 0 Å². The molecule has 8 N–H and O–H groups in total. The number of nitrogens with two attached hydrogens (primary N) is 1. The third-order valence-electron chi connectivity index (χ3n) is 9.12. The molecule has 2 amide bonds. The maximum atomic E-state index is 12.8. The van der Waals surface area contributed by atoms with Gasteiger partial charge in [-0.1, -0.05) is 6.42 Å². The van der Waals surface area contributed by atoms with Crippen molar-refractivity contribution in [3.05, 3.63) is 82.7 Å². The summed E-state index contributed by atoms with van der Waals surface area (Å²) in [6, 6.07) is 19.1. The SMILES string of the molecule is C=Nc1cc(NC(=O)c2ccc(NC)c(C=N)c2)ccc1NCCN1CCC(CC[N-]CCOCCOCCNc2ccc[c-]c2[C-]=O)C1.CC(N)CCC=O.CNC=O.[K+].[Y]. The fourth-order valence-corrected chi connectivity index (χ4v) is 5.94. The third-order valence-corrected chi connectivity index (χ3v) is 9.12. The van der Waals surface area contributed by atoms with Crippen LogP contribution in [0.5, 0.6) is 0 Å². The molecule has 1 aliphatic rings. The van der Waals surface area contributed by atoms with Crippen LogP contribution < -0.4 is 83.7 Å². The van der Waals surface area contributed by atoms with Crippen LogP contribution in [-0.2, 0) is 56.6 Å². The van der Waals surface area contributed by atoms with E-state index < -0.39 is 0 Å². The molecule has 62 heavy (non-hydrogen) atoms. The predicted octanol–water partition coefficient (Wildman–Crippen LogP) is 1.89. The van der Waals surface area contributed by atoms with Gasteiger partial charge in [-0.2, -0.15) is 0 Å². The van der Waals surface area contributed by atoms with E-state index in [0.717, 1.165) is 63.2 Å². The maximum absolute atomic E-state index is 12.8. The first-order valence-electron chi connectivity index (χ1n) is 20.2. The van der Waals surface area contributed by atoms with E-state index in [1.54, 1.807) is 44.4 Å². The normalized spacial score (nSPS) is 13.1. The largest absolute Gasteiger partial charge is 1.00 e. The Kier molecular flexibility index (Phi) is 35.9. The zero-order valence-electron chi connectivity index (χ0n) is 36.8. The Bertz CT molecular complexity index is 1740. The van der Waals surface area contributed by atoms with E-state index in [1.165, 1.54) is 12.6 Å². The fraction of sp³-hybridized carbons (Fsp3) is 0.455. The standard InChI is InChI=1S/C37H47N8O4.C5H11NO.C2H5NO.K.Y/c1-39-33-9-7-29(23-31(33)25-38)37(47)44-32-8-10-35(36(24-32)40-2)42-14-18-45-17-12-28(26-45)11-13-41-15-19-48-21-22-49-20-16-43-34-6-4-3-5-30(34)27-46;1-5(6)3-2-4-7;1-3-2-4;;/h3-4,6-10,23-25,28,38-39,42-43H,2,11-22,26H2,1H3,(H,44,47);4-5H,2-3,6H2,1H3;2H,1H3,(H,3,4);;/q-3;;;+1;. The zero-order valence-corrected chi connectivity index (χ0v) is 42.8. The van der Waals surface area contributed by atoms with Crippen LogP contribution in [0.2, 0.25) is 0 Å². The summed E-state index contributed by atoms with van der Waals surface area (Å²) in [7, 11) is 3.34. The summed E-state index contributed by atoms with van der Waals surface area (Å²) < 4.78 is 11.2. The van der Waals surface area contributed by atoms with Crippen molar-refractivity contribution in [2.24, 2.45) is 16.6 Å². The number of likely N-dealkylation sites (tertiary alicyclic amines) is 1. The number of carbonyl (C=O) groups excluding carboxylic acids is 4. The van der Waals surface area contributed by atoms with Crippen LogP contribution in [0.4, 0.5) is 28.4 Å². The average molecular weight is 956 g/mol. The van der Waals surface area contributed by atoms with Gasteiger partial charge in [0.1, 0.15) is 6.29 Å². The van der Waals surface area contributed by atoms with Crippen LogP contribution in [0.3, 0.4) is 0 Å². The van der Waals surface area contributed by atoms with Gasteiger partial charge in [-0.25, -0.2) is 23.8 Å². The van der Waals surface area contributed by atoms with Crippen molar-refractivity contribution in [2.75, 3.05) is 108 Å². The van der Waals surface area contributed by atoms with Crippen LogP contribution in [0.15, 0.2) is 59.6 Å². The first-order chi connectivity index (χ1) is 29.2. The van der Waals surface area contributed by atoms with E-state index in [2.05, 4.69) is 54.6 Å². The third kappa shape index (κ3) is 24.9. The molecule has 1 aliphatic heterocycles. The molecule has 1 radical (unpaired) electrons. The van der Waals surface area contributed by atoms with Gasteiger partial charge in [0.2, 0.25) is 6.41 Å². The molecule has 0 bridgehead atoms. The van der Waals surface area contributed by atoms with Gasteiger partial charge in [0.05, 0.1) is 31.2 Å². The number of carbonyl (C=O) groups is 3. The van der Waals surface area contributed by atoms with Crippen molar-refractivity contribution in [1.82, 2.24) is 10.2 Å². The minimum atomic E-state index is -0.258. The number of aldehydes is 1. The Hall–Kier alpha value is -2.78. The molecular weight excluding hydrogens is 893 g/mol. The summed E-state index contributed by atoms with van der Waals surface area (Å²) in [5, 5.41) is 27.0. The van der Waals surface area contributed by atoms with Crippen LogP contribution in [0, 0.1) is 17.4 Å². The van der Waals surface area contributed by atoms with Gasteiger partial charge < -0.3 is 67.0 Å². The number of rotatable bonds is 27. The second-order valence-electron chi connectivity index (χ2n) is 13.7. The van der Waals surface area contributed by atoms with E-state index in [0.29, 0.717) is 92.0 Å². The van der Waals surface area contributed by atoms with Crippen LogP contribution in [0.25, 0.3) is 5.32 Å². The van der Waals surface area contributed by atoms with Crippen molar-refractivity contribution >= 4 is 66.3 Å². The Morgan fingerprint density at radius 1 is 1.06 bits per heavy atom. The number of ether oxygens (including phenoxy) is 2. The molecule has 18 heteroatoms. The summed E-state index contributed by atoms with van der Waals surface area (Å²) in [5.41, 5.74) is 10.5. The van der Waals surface area contributed by atoms with Crippen molar-refractivity contribution in [3.63, 3.8) is 0 Å². The van der Waals surface area contributed by atoms with E-state index in [9.17, 15) is 14.4 Å². The first-order valence-corrected chi connectivity index (χ1v) is 20.2. The molecule has 0 saturated carbocycles. The monoisotopic (exact) mass is 955 g/mol. The summed E-state index contributed by atoms with van der Waals surface area (Å²) in [6.07, 6.45) is 8.28. The number of hydrogen-bond donors (Lipinski definition) is 7. The second-order valence-corrected chi connectivity index (χ2v) is 13.7. The number of aliphatic imine (C=N–C) groups is 1. The van der Waals surface area contributed by atoms with Gasteiger partial charge in [-0.05, 0) is 81.6 Å². The second kappa shape index (κ2) is 37.6. The zero-order chi connectivity index (χ0) is 43.8. The number of hydrogen-bond acceptors (Lipinski definition) is 13. The Morgan fingerprint density at radius 3 is 2.44 bits per heavy atom. The molecule has 3 aromatic rings. The molecule has 16 nitrogen and oxygen atoms in total. The van der Waals surface area contributed by atoms with Crippen molar-refractivity contribution < 1.29 is 113 Å². The van der Waals surface area contributed by atoms with Crippen molar-refractivity contribution in [2.45, 2.75) is 38.6 Å². The number of nitrogens with one attached hydrogen (secondary N) is 6. The molecule has 2 atom stereocenters. The maximum Gasteiger partial charge on any atom is 1.00 e. The van der Waals surface area contributed by atoms with Crippen molar-refractivity contribution in [1.29, 1.82) is 5.41 Å². The van der Waals surface area contributed by atoms with Gasteiger partial charge in [-0.15, -0.1) is 18.8 Å². The van der Waals surface area contributed by atoms with Gasteiger partial charge >= 0.3 is 51.4 Å². The molecule has 3 aromatic carbocycles. The van der Waals surface area contributed by atoms with Crippen LogP contribution in [0.1, 0.15) is 54.1 Å². The summed E-state index contributed by atoms with van der Waals surface area (Å²) in [5.74, 6) is 0.394. The summed E-state index contributed by atoms with van der Waals surface area (Å²) in [6.45, 7) is 13.7. The minimum absolute atomic E-state index is 0. The van der Waals surface area contributed by atoms with E-state index in [1.807, 2.05) is 37.5 Å². The molecule has 1 fully saturated rings. The number of benzene rings is 3. The number of nitrogens with zero attached hydrogens (tertiary/aromatic N) is 3. The summed E-state index contributed by atoms with van der Waals surface area (Å²) in [4.78, 5) is 49.1. The number of amides is 2.